The van der Waals surface area contributed by atoms with Gasteiger partial charge in [0.25, 0.3) is 0 Å². The molecule has 0 bridgehead atoms. The summed E-state index contributed by atoms with van der Waals surface area (Å²) in [5.41, 5.74) is 5.09. The Labute approximate surface area is 40.5 Å². The molecule has 0 aromatic carbocycles. The van der Waals surface area contributed by atoms with E-state index in [2.05, 4.69) is 0 Å². The molecular formula is C4H7F2N. The zero-order valence-corrected chi connectivity index (χ0v) is 3.77. The summed E-state index contributed by atoms with van der Waals surface area (Å²) in [6.45, 7) is 0. The second-order valence-electron chi connectivity index (χ2n) is 1.90. The van der Waals surface area contributed by atoms with Crippen LogP contribution in [0.4, 0.5) is 8.78 Å². The molecule has 42 valence electrons. The smallest absolute Gasteiger partial charge is 0.242 e. The van der Waals surface area contributed by atoms with E-state index < -0.39 is 12.3 Å². The molecule has 0 spiro atoms. The predicted molar refractivity (Wildman–Crippen MR) is 22.1 cm³/mol. The van der Waals surface area contributed by atoms with Crippen LogP contribution in [-0.4, -0.2) is 12.5 Å². The Kier molecular flexibility index (Phi) is 0.995. The molecule has 2 N–H and O–H groups in total. The highest BCUT2D eigenvalue weighted by Crippen LogP contribution is 2.33. The van der Waals surface area contributed by atoms with Gasteiger partial charge in [0, 0.05) is 12.0 Å². The lowest BCUT2D eigenvalue weighted by atomic mass is 10.4. The summed E-state index contributed by atoms with van der Waals surface area (Å²) in [4.78, 5) is 0. The molecule has 1 aliphatic rings. The van der Waals surface area contributed by atoms with Gasteiger partial charge >= 0.3 is 0 Å². The van der Waals surface area contributed by atoms with E-state index in [9.17, 15) is 8.78 Å². The zero-order valence-electron chi connectivity index (χ0n) is 3.77. The topological polar surface area (TPSA) is 26.0 Å². The molecule has 1 nitrogen and oxygen atoms in total. The second-order valence-corrected chi connectivity index (χ2v) is 1.90. The van der Waals surface area contributed by atoms with Crippen molar-refractivity contribution < 1.29 is 8.78 Å². The average Bonchev–Trinajstić information content (AvgIpc) is 2.17. The van der Waals surface area contributed by atoms with Crippen molar-refractivity contribution in [3.8, 4) is 0 Å². The highest BCUT2D eigenvalue weighted by Gasteiger charge is 2.40. The Balaban J connectivity index is 2.20. The minimum atomic E-state index is -2.19. The third kappa shape index (κ3) is 0.881. The van der Waals surface area contributed by atoms with Crippen LogP contribution in [0.15, 0.2) is 0 Å². The Morgan fingerprint density at radius 3 is 2.00 bits per heavy atom. The van der Waals surface area contributed by atoms with Crippen molar-refractivity contribution in [2.75, 3.05) is 0 Å². The second kappa shape index (κ2) is 1.40. The Morgan fingerprint density at radius 1 is 1.57 bits per heavy atom. The first-order valence-corrected chi connectivity index (χ1v) is 2.25. The fourth-order valence-corrected chi connectivity index (χ4v) is 0.525. The summed E-state index contributed by atoms with van der Waals surface area (Å²) < 4.78 is 22.8. The van der Waals surface area contributed by atoms with Crippen LogP contribution in [0.3, 0.4) is 0 Å². The third-order valence-electron chi connectivity index (χ3n) is 1.21. The van der Waals surface area contributed by atoms with Crippen molar-refractivity contribution in [1.29, 1.82) is 0 Å². The molecule has 1 aliphatic carbocycles. The largest absolute Gasteiger partial charge is 0.327 e. The number of hydrogen-bond acceptors (Lipinski definition) is 1. The fourth-order valence-electron chi connectivity index (χ4n) is 0.525. The maximum Gasteiger partial charge on any atom is 0.242 e. The standard InChI is InChI=1S/C4H7F2N/c5-4(6)2-1-3(2)7/h2-4H,1,7H2/t2-,3?/m0/s1. The molecule has 0 radical (unpaired) electrons. The van der Waals surface area contributed by atoms with Crippen LogP contribution in [0.5, 0.6) is 0 Å². The van der Waals surface area contributed by atoms with Gasteiger partial charge in [-0.25, -0.2) is 8.78 Å². The van der Waals surface area contributed by atoms with Gasteiger partial charge < -0.3 is 5.73 Å². The lowest BCUT2D eigenvalue weighted by Gasteiger charge is -1.88. The first-order valence-electron chi connectivity index (χ1n) is 2.25. The summed E-state index contributed by atoms with van der Waals surface area (Å²) in [6, 6.07) is -0.208. The predicted octanol–water partition coefficient (Wildman–Crippen LogP) is 0.599. The molecule has 1 rings (SSSR count). The van der Waals surface area contributed by atoms with Crippen LogP contribution >= 0.6 is 0 Å². The van der Waals surface area contributed by atoms with Crippen LogP contribution in [-0.2, 0) is 0 Å². The number of nitrogens with two attached hydrogens (primary N) is 1. The molecule has 7 heavy (non-hydrogen) atoms. The molecule has 2 atom stereocenters. The molecular weight excluding hydrogens is 100 g/mol. The molecule has 0 saturated heterocycles. The SMILES string of the molecule is NC1C[C@@H]1C(F)F. The zero-order chi connectivity index (χ0) is 5.44. The highest BCUT2D eigenvalue weighted by atomic mass is 19.3. The summed E-state index contributed by atoms with van der Waals surface area (Å²) in [5, 5.41) is 0. The molecule has 1 saturated carbocycles. The van der Waals surface area contributed by atoms with E-state index in [-0.39, 0.29) is 6.04 Å². The first-order chi connectivity index (χ1) is 3.22. The van der Waals surface area contributed by atoms with Gasteiger partial charge in [-0.3, -0.25) is 0 Å². The molecule has 0 heterocycles. The minimum Gasteiger partial charge on any atom is -0.327 e. The van der Waals surface area contributed by atoms with E-state index in [0.717, 1.165) is 0 Å². The van der Waals surface area contributed by atoms with Gasteiger partial charge in [-0.1, -0.05) is 0 Å². The Morgan fingerprint density at radius 2 is 2.00 bits per heavy atom. The quantitative estimate of drug-likeness (QED) is 0.521. The van der Waals surface area contributed by atoms with E-state index >= 15 is 0 Å². The average molecular weight is 107 g/mol. The normalized spacial score (nSPS) is 39.4. The van der Waals surface area contributed by atoms with Crippen molar-refractivity contribution in [2.45, 2.75) is 18.9 Å². The van der Waals surface area contributed by atoms with Crippen LogP contribution in [0.1, 0.15) is 6.42 Å². The van der Waals surface area contributed by atoms with Crippen LogP contribution in [0.2, 0.25) is 0 Å². The maximum atomic E-state index is 11.4. The van der Waals surface area contributed by atoms with Gasteiger partial charge in [0.2, 0.25) is 6.43 Å². The summed E-state index contributed by atoms with van der Waals surface area (Å²) >= 11 is 0. The van der Waals surface area contributed by atoms with E-state index in [1.165, 1.54) is 0 Å². The van der Waals surface area contributed by atoms with Crippen LogP contribution < -0.4 is 5.73 Å². The van der Waals surface area contributed by atoms with Crippen LogP contribution in [0, 0.1) is 5.92 Å². The van der Waals surface area contributed by atoms with Gasteiger partial charge in [0.15, 0.2) is 0 Å². The first kappa shape index (κ1) is 4.97. The molecule has 0 aromatic rings. The van der Waals surface area contributed by atoms with Crippen molar-refractivity contribution in [2.24, 2.45) is 11.7 Å². The van der Waals surface area contributed by atoms with E-state index in [4.69, 9.17) is 5.73 Å². The van der Waals surface area contributed by atoms with Gasteiger partial charge in [-0.05, 0) is 6.42 Å². The Hall–Kier alpha value is -0.180. The van der Waals surface area contributed by atoms with Gasteiger partial charge in [0.05, 0.1) is 0 Å². The van der Waals surface area contributed by atoms with Gasteiger partial charge in [-0.2, -0.15) is 0 Å². The highest BCUT2D eigenvalue weighted by molar-refractivity contribution is 4.91. The van der Waals surface area contributed by atoms with Crippen molar-refractivity contribution >= 4 is 0 Å². The lowest BCUT2D eigenvalue weighted by molar-refractivity contribution is 0.121. The van der Waals surface area contributed by atoms with Crippen molar-refractivity contribution in [1.82, 2.24) is 0 Å². The summed E-state index contributed by atoms with van der Waals surface area (Å²) in [5.74, 6) is -0.486. The van der Waals surface area contributed by atoms with E-state index in [1.807, 2.05) is 0 Å². The number of alkyl halides is 2. The van der Waals surface area contributed by atoms with E-state index in [1.54, 1.807) is 0 Å². The van der Waals surface area contributed by atoms with Gasteiger partial charge in [0.1, 0.15) is 0 Å². The summed E-state index contributed by atoms with van der Waals surface area (Å²) in [6.07, 6.45) is -1.67. The van der Waals surface area contributed by atoms with E-state index in [0.29, 0.717) is 6.42 Å². The number of hydrogen-bond donors (Lipinski definition) is 1. The molecule has 1 fully saturated rings. The van der Waals surface area contributed by atoms with Crippen molar-refractivity contribution in [3.05, 3.63) is 0 Å². The maximum absolute atomic E-state index is 11.4. The molecule has 0 aromatic heterocycles. The summed E-state index contributed by atoms with van der Waals surface area (Å²) in [7, 11) is 0. The number of rotatable bonds is 1. The van der Waals surface area contributed by atoms with Crippen molar-refractivity contribution in [3.63, 3.8) is 0 Å². The van der Waals surface area contributed by atoms with Crippen LogP contribution in [0.25, 0.3) is 0 Å². The molecule has 3 heteroatoms. The molecule has 1 unspecified atom stereocenters. The third-order valence-corrected chi connectivity index (χ3v) is 1.21. The van der Waals surface area contributed by atoms with Gasteiger partial charge in [-0.15, -0.1) is 0 Å². The Bertz CT molecular complexity index is 74.1. The monoisotopic (exact) mass is 107 g/mol. The molecule has 0 amide bonds. The fraction of sp³-hybridized carbons (Fsp3) is 1.00. The number of halogens is 2. The molecule has 0 aliphatic heterocycles. The minimum absolute atomic E-state index is 0.208. The lowest BCUT2D eigenvalue weighted by Crippen LogP contribution is -2.06.